The van der Waals surface area contributed by atoms with Crippen LogP contribution in [0, 0.1) is 5.82 Å². The van der Waals surface area contributed by atoms with E-state index in [9.17, 15) is 22.4 Å². The van der Waals surface area contributed by atoms with Crippen molar-refractivity contribution in [3.05, 3.63) is 71.3 Å². The molecule has 0 unspecified atom stereocenters. The Kier molecular flexibility index (Phi) is 4.65. The fraction of sp³-hybridized carbons (Fsp3) is 0.125. The molecule has 10 heteroatoms. The molecule has 0 bridgehead atoms. The molecule has 1 N–H and O–H groups in total. The molecule has 0 fully saturated rings. The number of nitrogens with zero attached hydrogens (tertiary/aromatic N) is 4. The van der Waals surface area contributed by atoms with Gasteiger partial charge in [-0.15, -0.1) is 5.10 Å². The molecule has 3 rings (SSSR count). The zero-order valence-corrected chi connectivity index (χ0v) is 13.0. The molecule has 3 aromatic rings. The average Bonchev–Trinajstić information content (AvgIpc) is 3.08. The summed E-state index contributed by atoms with van der Waals surface area (Å²) in [6.45, 7) is -0.0652. The number of carbonyl (C=O) groups is 1. The minimum atomic E-state index is -4.47. The maximum Gasteiger partial charge on any atom is 0.416 e. The van der Waals surface area contributed by atoms with Gasteiger partial charge in [-0.2, -0.15) is 17.9 Å². The van der Waals surface area contributed by atoms with E-state index in [0.29, 0.717) is 5.69 Å². The van der Waals surface area contributed by atoms with Gasteiger partial charge in [0.15, 0.2) is 5.82 Å². The summed E-state index contributed by atoms with van der Waals surface area (Å²) in [5.74, 6) is -0.719. The number of halogens is 4. The van der Waals surface area contributed by atoms with Crippen molar-refractivity contribution in [1.29, 1.82) is 0 Å². The summed E-state index contributed by atoms with van der Waals surface area (Å²) < 4.78 is 51.9. The Labute approximate surface area is 144 Å². The van der Waals surface area contributed by atoms with Crippen molar-refractivity contribution >= 4 is 5.91 Å². The Morgan fingerprint density at radius 3 is 2.31 bits per heavy atom. The fourth-order valence-corrected chi connectivity index (χ4v) is 2.17. The van der Waals surface area contributed by atoms with Gasteiger partial charge < -0.3 is 5.32 Å². The van der Waals surface area contributed by atoms with E-state index >= 15 is 0 Å². The van der Waals surface area contributed by atoms with Crippen LogP contribution in [0.25, 0.3) is 5.69 Å². The Hall–Kier alpha value is -3.30. The van der Waals surface area contributed by atoms with Crippen molar-refractivity contribution in [2.24, 2.45) is 0 Å². The lowest BCUT2D eigenvalue weighted by Crippen LogP contribution is -2.24. The molecule has 134 valence electrons. The SMILES string of the molecule is O=C(NCc1nnnn1-c1ccc(F)cc1)c1ccc(C(F)(F)F)cc1. The van der Waals surface area contributed by atoms with Crippen LogP contribution in [0.1, 0.15) is 21.7 Å². The van der Waals surface area contributed by atoms with Crippen LogP contribution in [0.5, 0.6) is 0 Å². The first-order chi connectivity index (χ1) is 12.3. The first-order valence-electron chi connectivity index (χ1n) is 7.33. The van der Waals surface area contributed by atoms with Crippen molar-refractivity contribution in [3.63, 3.8) is 0 Å². The molecule has 0 aliphatic heterocycles. The maximum absolute atomic E-state index is 13.0. The standard InChI is InChI=1S/C16H11F4N5O/c17-12-5-7-13(8-6-12)25-14(22-23-24-25)9-21-15(26)10-1-3-11(4-2-10)16(18,19)20/h1-8H,9H2,(H,21,26). The van der Waals surface area contributed by atoms with Crippen LogP contribution >= 0.6 is 0 Å². The number of hydrogen-bond acceptors (Lipinski definition) is 4. The average molecular weight is 365 g/mol. The molecule has 1 aromatic heterocycles. The third kappa shape index (κ3) is 3.85. The third-order valence-electron chi connectivity index (χ3n) is 3.49. The summed E-state index contributed by atoms with van der Waals surface area (Å²) in [5.41, 5.74) is -0.275. The van der Waals surface area contributed by atoms with E-state index in [1.165, 1.54) is 28.9 Å². The molecule has 1 heterocycles. The highest BCUT2D eigenvalue weighted by Crippen LogP contribution is 2.29. The number of alkyl halides is 3. The van der Waals surface area contributed by atoms with Gasteiger partial charge in [0.1, 0.15) is 5.82 Å². The van der Waals surface area contributed by atoms with Crippen LogP contribution in [0.4, 0.5) is 17.6 Å². The quantitative estimate of drug-likeness (QED) is 0.722. The van der Waals surface area contributed by atoms with E-state index in [2.05, 4.69) is 20.8 Å². The van der Waals surface area contributed by atoms with E-state index in [4.69, 9.17) is 0 Å². The zero-order chi connectivity index (χ0) is 18.7. The number of nitrogens with one attached hydrogen (secondary N) is 1. The first-order valence-corrected chi connectivity index (χ1v) is 7.33. The number of rotatable bonds is 4. The lowest BCUT2D eigenvalue weighted by molar-refractivity contribution is -0.137. The first kappa shape index (κ1) is 17.5. The van der Waals surface area contributed by atoms with Gasteiger partial charge in [0.25, 0.3) is 5.91 Å². The van der Waals surface area contributed by atoms with Crippen LogP contribution in [-0.2, 0) is 12.7 Å². The van der Waals surface area contributed by atoms with Crippen LogP contribution in [0.2, 0.25) is 0 Å². The number of carbonyl (C=O) groups excluding carboxylic acids is 1. The molecular weight excluding hydrogens is 354 g/mol. The summed E-state index contributed by atoms with van der Waals surface area (Å²) in [6.07, 6.45) is -4.47. The lowest BCUT2D eigenvalue weighted by atomic mass is 10.1. The Bertz CT molecular complexity index is 904. The largest absolute Gasteiger partial charge is 0.416 e. The molecule has 0 radical (unpaired) electrons. The summed E-state index contributed by atoms with van der Waals surface area (Å²) in [7, 11) is 0. The third-order valence-corrected chi connectivity index (χ3v) is 3.49. The molecule has 26 heavy (non-hydrogen) atoms. The number of benzene rings is 2. The van der Waals surface area contributed by atoms with Gasteiger partial charge in [-0.1, -0.05) is 0 Å². The molecule has 0 saturated heterocycles. The molecule has 0 aliphatic carbocycles. The van der Waals surface area contributed by atoms with Gasteiger partial charge in [0, 0.05) is 5.56 Å². The molecule has 6 nitrogen and oxygen atoms in total. The van der Waals surface area contributed by atoms with Crippen molar-refractivity contribution < 1.29 is 22.4 Å². The van der Waals surface area contributed by atoms with Crippen molar-refractivity contribution in [1.82, 2.24) is 25.5 Å². The second-order valence-electron chi connectivity index (χ2n) is 5.24. The Morgan fingerprint density at radius 1 is 1.04 bits per heavy atom. The van der Waals surface area contributed by atoms with Gasteiger partial charge in [0.2, 0.25) is 0 Å². The predicted molar refractivity (Wildman–Crippen MR) is 81.7 cm³/mol. The van der Waals surface area contributed by atoms with Crippen LogP contribution in [0.3, 0.4) is 0 Å². The molecule has 0 saturated carbocycles. The topological polar surface area (TPSA) is 72.7 Å². The van der Waals surface area contributed by atoms with E-state index in [1.807, 2.05) is 0 Å². The predicted octanol–water partition coefficient (Wildman–Crippen LogP) is 2.75. The number of tetrazole rings is 1. The number of amides is 1. The highest BCUT2D eigenvalue weighted by atomic mass is 19.4. The number of aromatic nitrogens is 4. The summed E-state index contributed by atoms with van der Waals surface area (Å²) in [4.78, 5) is 12.1. The smallest absolute Gasteiger partial charge is 0.345 e. The van der Waals surface area contributed by atoms with E-state index < -0.39 is 23.5 Å². The molecular formula is C16H11F4N5O. The fourth-order valence-electron chi connectivity index (χ4n) is 2.17. The Balaban J connectivity index is 1.69. The Morgan fingerprint density at radius 2 is 1.69 bits per heavy atom. The molecule has 0 aliphatic rings. The van der Waals surface area contributed by atoms with E-state index in [-0.39, 0.29) is 17.9 Å². The minimum absolute atomic E-state index is 0.0652. The van der Waals surface area contributed by atoms with E-state index in [1.54, 1.807) is 0 Å². The number of hydrogen-bond donors (Lipinski definition) is 1. The normalized spacial score (nSPS) is 11.4. The van der Waals surface area contributed by atoms with Gasteiger partial charge >= 0.3 is 6.18 Å². The molecule has 1 amide bonds. The van der Waals surface area contributed by atoms with Gasteiger partial charge in [-0.25, -0.2) is 4.39 Å². The second-order valence-corrected chi connectivity index (χ2v) is 5.24. The van der Waals surface area contributed by atoms with Gasteiger partial charge in [-0.3, -0.25) is 4.79 Å². The highest BCUT2D eigenvalue weighted by Gasteiger charge is 2.30. The lowest BCUT2D eigenvalue weighted by Gasteiger charge is -2.08. The zero-order valence-electron chi connectivity index (χ0n) is 13.0. The van der Waals surface area contributed by atoms with E-state index in [0.717, 1.165) is 24.3 Å². The molecule has 2 aromatic carbocycles. The molecule has 0 atom stereocenters. The van der Waals surface area contributed by atoms with Crippen molar-refractivity contribution in [2.75, 3.05) is 0 Å². The van der Waals surface area contributed by atoms with Crippen LogP contribution < -0.4 is 5.32 Å². The summed E-state index contributed by atoms with van der Waals surface area (Å²) in [5, 5.41) is 13.6. The second kappa shape index (κ2) is 6.90. The summed E-state index contributed by atoms with van der Waals surface area (Å²) in [6, 6.07) is 9.24. The highest BCUT2D eigenvalue weighted by molar-refractivity contribution is 5.94. The van der Waals surface area contributed by atoms with Crippen LogP contribution in [0.15, 0.2) is 48.5 Å². The van der Waals surface area contributed by atoms with Gasteiger partial charge in [0.05, 0.1) is 17.8 Å². The van der Waals surface area contributed by atoms with Crippen LogP contribution in [-0.4, -0.2) is 26.1 Å². The van der Waals surface area contributed by atoms with Gasteiger partial charge in [-0.05, 0) is 59.0 Å². The van der Waals surface area contributed by atoms with Crippen molar-refractivity contribution in [2.45, 2.75) is 12.7 Å². The summed E-state index contributed by atoms with van der Waals surface area (Å²) >= 11 is 0. The molecule has 0 spiro atoms. The van der Waals surface area contributed by atoms with Crippen molar-refractivity contribution in [3.8, 4) is 5.69 Å². The maximum atomic E-state index is 13.0. The monoisotopic (exact) mass is 365 g/mol. The minimum Gasteiger partial charge on any atom is -0.345 e.